The highest BCUT2D eigenvalue weighted by atomic mass is 16.7. The summed E-state index contributed by atoms with van der Waals surface area (Å²) < 4.78 is 4.94. The normalized spacial score (nSPS) is 32.5. The summed E-state index contributed by atoms with van der Waals surface area (Å²) in [4.78, 5) is 10.5. The number of rotatable bonds is 1. The van der Waals surface area contributed by atoms with E-state index in [1.165, 1.54) is 6.42 Å². The fourth-order valence-electron chi connectivity index (χ4n) is 2.33. The Morgan fingerprint density at radius 1 is 1.54 bits per heavy atom. The van der Waals surface area contributed by atoms with Gasteiger partial charge >= 0.3 is 6.16 Å². The van der Waals surface area contributed by atoms with Crippen molar-refractivity contribution < 1.29 is 14.6 Å². The van der Waals surface area contributed by atoms with Crippen LogP contribution in [0.25, 0.3) is 0 Å². The van der Waals surface area contributed by atoms with Gasteiger partial charge in [0.15, 0.2) is 0 Å². The molecule has 0 aromatic carbocycles. The van der Waals surface area contributed by atoms with Crippen molar-refractivity contribution in [1.82, 2.24) is 0 Å². The molecule has 1 aliphatic carbocycles. The van der Waals surface area contributed by atoms with E-state index in [-0.39, 0.29) is 11.5 Å². The van der Waals surface area contributed by atoms with E-state index in [1.54, 1.807) is 0 Å². The third-order valence-corrected chi connectivity index (χ3v) is 3.00. The lowest BCUT2D eigenvalue weighted by Crippen LogP contribution is -2.41. The van der Waals surface area contributed by atoms with E-state index in [4.69, 9.17) is 9.84 Å². The van der Waals surface area contributed by atoms with Gasteiger partial charge in [-0.15, -0.1) is 0 Å². The third kappa shape index (κ3) is 2.36. The number of ether oxygens (including phenoxy) is 1. The van der Waals surface area contributed by atoms with Gasteiger partial charge in [-0.25, -0.2) is 4.79 Å². The van der Waals surface area contributed by atoms with Gasteiger partial charge in [-0.2, -0.15) is 0 Å². The maximum absolute atomic E-state index is 10.5. The van der Waals surface area contributed by atoms with Gasteiger partial charge in [-0.1, -0.05) is 27.2 Å². The van der Waals surface area contributed by atoms with Crippen LogP contribution >= 0.6 is 0 Å². The van der Waals surface area contributed by atoms with Crippen LogP contribution in [0.3, 0.4) is 0 Å². The minimum atomic E-state index is -1.15. The fraction of sp³-hybridized carbons (Fsp3) is 0.900. The Morgan fingerprint density at radius 2 is 2.15 bits per heavy atom. The summed E-state index contributed by atoms with van der Waals surface area (Å²) in [6.07, 6.45) is 2.01. The molecule has 0 aliphatic heterocycles. The Labute approximate surface area is 79.1 Å². The average Bonchev–Trinajstić information content (AvgIpc) is 1.96. The topological polar surface area (TPSA) is 46.5 Å². The largest absolute Gasteiger partial charge is 0.506 e. The van der Waals surface area contributed by atoms with E-state index in [0.717, 1.165) is 12.8 Å². The van der Waals surface area contributed by atoms with Crippen molar-refractivity contribution in [2.24, 2.45) is 11.3 Å². The second-order valence-electron chi connectivity index (χ2n) is 4.66. The maximum atomic E-state index is 10.5. The average molecular weight is 186 g/mol. The molecule has 0 spiro atoms. The molecule has 0 saturated heterocycles. The molecule has 1 aliphatic rings. The highest BCUT2D eigenvalue weighted by molar-refractivity contribution is 5.57. The SMILES string of the molecule is CC1CCCC(C)(C)C1OC(=O)O. The fourth-order valence-corrected chi connectivity index (χ4v) is 2.33. The van der Waals surface area contributed by atoms with Gasteiger partial charge in [0.25, 0.3) is 0 Å². The Balaban J connectivity index is 2.68. The maximum Gasteiger partial charge on any atom is 0.506 e. The molecule has 0 bridgehead atoms. The molecule has 3 nitrogen and oxygen atoms in total. The van der Waals surface area contributed by atoms with E-state index >= 15 is 0 Å². The van der Waals surface area contributed by atoms with Crippen molar-refractivity contribution in [3.8, 4) is 0 Å². The van der Waals surface area contributed by atoms with Crippen molar-refractivity contribution >= 4 is 6.16 Å². The first-order valence-electron chi connectivity index (χ1n) is 4.83. The summed E-state index contributed by atoms with van der Waals surface area (Å²) >= 11 is 0. The van der Waals surface area contributed by atoms with Crippen LogP contribution in [0.4, 0.5) is 4.79 Å². The molecular weight excluding hydrogens is 168 g/mol. The zero-order valence-electron chi connectivity index (χ0n) is 8.54. The molecule has 0 aromatic heterocycles. The summed E-state index contributed by atoms with van der Waals surface area (Å²) in [7, 11) is 0. The minimum absolute atomic E-state index is 0.00391. The Kier molecular flexibility index (Phi) is 2.84. The Bertz CT molecular complexity index is 198. The first kappa shape index (κ1) is 10.4. The smallest absolute Gasteiger partial charge is 0.450 e. The molecule has 1 rings (SSSR count). The van der Waals surface area contributed by atoms with Crippen LogP contribution in [0.2, 0.25) is 0 Å². The van der Waals surface area contributed by atoms with Gasteiger partial charge in [-0.3, -0.25) is 0 Å². The molecular formula is C10H18O3. The minimum Gasteiger partial charge on any atom is -0.450 e. The van der Waals surface area contributed by atoms with Crippen LogP contribution in [0.15, 0.2) is 0 Å². The molecule has 1 N–H and O–H groups in total. The molecule has 76 valence electrons. The molecule has 0 radical (unpaired) electrons. The second kappa shape index (κ2) is 3.56. The van der Waals surface area contributed by atoms with E-state index in [0.29, 0.717) is 5.92 Å². The predicted molar refractivity (Wildman–Crippen MR) is 49.7 cm³/mol. The quantitative estimate of drug-likeness (QED) is 0.640. The van der Waals surface area contributed by atoms with E-state index in [1.807, 2.05) is 0 Å². The van der Waals surface area contributed by atoms with Gasteiger partial charge < -0.3 is 9.84 Å². The lowest BCUT2D eigenvalue weighted by atomic mass is 9.70. The number of carbonyl (C=O) groups is 1. The summed E-state index contributed by atoms with van der Waals surface area (Å²) in [5.41, 5.74) is -0.00391. The van der Waals surface area contributed by atoms with Crippen LogP contribution in [-0.2, 0) is 4.74 Å². The zero-order chi connectivity index (χ0) is 10.1. The third-order valence-electron chi connectivity index (χ3n) is 3.00. The van der Waals surface area contributed by atoms with Crippen molar-refractivity contribution in [2.45, 2.75) is 46.1 Å². The number of hydrogen-bond donors (Lipinski definition) is 1. The van der Waals surface area contributed by atoms with Gasteiger partial charge in [0, 0.05) is 5.41 Å². The van der Waals surface area contributed by atoms with Gasteiger partial charge in [0.2, 0.25) is 0 Å². The number of hydrogen-bond acceptors (Lipinski definition) is 2. The monoisotopic (exact) mass is 186 g/mol. The molecule has 13 heavy (non-hydrogen) atoms. The van der Waals surface area contributed by atoms with Crippen molar-refractivity contribution in [3.05, 3.63) is 0 Å². The van der Waals surface area contributed by atoms with E-state index in [2.05, 4.69) is 20.8 Å². The highest BCUT2D eigenvalue weighted by Gasteiger charge is 2.39. The van der Waals surface area contributed by atoms with E-state index in [9.17, 15) is 4.79 Å². The van der Waals surface area contributed by atoms with Crippen molar-refractivity contribution in [3.63, 3.8) is 0 Å². The predicted octanol–water partition coefficient (Wildman–Crippen LogP) is 2.90. The Morgan fingerprint density at radius 3 is 2.62 bits per heavy atom. The lowest BCUT2D eigenvalue weighted by Gasteiger charge is -2.41. The molecule has 2 unspecified atom stereocenters. The lowest BCUT2D eigenvalue weighted by molar-refractivity contribution is -0.0564. The standard InChI is InChI=1S/C10H18O3/c1-7-5-4-6-10(2,3)8(7)13-9(11)12/h7-8H,4-6H2,1-3H3,(H,11,12). The highest BCUT2D eigenvalue weighted by Crippen LogP contribution is 2.40. The van der Waals surface area contributed by atoms with Crippen LogP contribution in [0.5, 0.6) is 0 Å². The molecule has 0 aromatic rings. The van der Waals surface area contributed by atoms with Gasteiger partial charge in [-0.05, 0) is 18.8 Å². The van der Waals surface area contributed by atoms with Crippen LogP contribution < -0.4 is 0 Å². The summed E-state index contributed by atoms with van der Waals surface area (Å²) in [6, 6.07) is 0. The molecule has 0 amide bonds. The molecule has 2 atom stereocenters. The van der Waals surface area contributed by atoms with Crippen LogP contribution in [-0.4, -0.2) is 17.4 Å². The summed E-state index contributed by atoms with van der Waals surface area (Å²) in [5, 5.41) is 8.59. The molecule has 1 saturated carbocycles. The van der Waals surface area contributed by atoms with Crippen molar-refractivity contribution in [1.29, 1.82) is 0 Å². The summed E-state index contributed by atoms with van der Waals surface area (Å²) in [6.45, 7) is 6.22. The molecule has 0 heterocycles. The van der Waals surface area contributed by atoms with Gasteiger partial charge in [0.1, 0.15) is 6.10 Å². The zero-order valence-corrected chi connectivity index (χ0v) is 8.54. The first-order chi connectivity index (χ1) is 5.93. The Hall–Kier alpha value is -0.730. The summed E-state index contributed by atoms with van der Waals surface area (Å²) in [5.74, 6) is 0.347. The van der Waals surface area contributed by atoms with Gasteiger partial charge in [0.05, 0.1) is 0 Å². The van der Waals surface area contributed by atoms with Crippen LogP contribution in [0, 0.1) is 11.3 Å². The van der Waals surface area contributed by atoms with Crippen LogP contribution in [0.1, 0.15) is 40.0 Å². The van der Waals surface area contributed by atoms with Crippen molar-refractivity contribution in [2.75, 3.05) is 0 Å². The molecule has 1 fully saturated rings. The first-order valence-corrected chi connectivity index (χ1v) is 4.83. The second-order valence-corrected chi connectivity index (χ2v) is 4.66. The molecule has 3 heteroatoms. The number of carboxylic acid groups (broad SMARTS) is 1. The van der Waals surface area contributed by atoms with E-state index < -0.39 is 6.16 Å².